The second kappa shape index (κ2) is 9.05. The van der Waals surface area contributed by atoms with Crippen molar-refractivity contribution in [2.45, 2.75) is 25.0 Å². The van der Waals surface area contributed by atoms with Crippen LogP contribution in [0.2, 0.25) is 0 Å². The summed E-state index contributed by atoms with van der Waals surface area (Å²) in [5, 5.41) is 2.78. The van der Waals surface area contributed by atoms with E-state index in [-0.39, 0.29) is 25.5 Å². The van der Waals surface area contributed by atoms with Gasteiger partial charge in [0.05, 0.1) is 30.8 Å². The smallest absolute Gasteiger partial charge is 0.410 e. The summed E-state index contributed by atoms with van der Waals surface area (Å²) in [5.41, 5.74) is 2.74. The predicted octanol–water partition coefficient (Wildman–Crippen LogP) is 4.25. The van der Waals surface area contributed by atoms with Crippen LogP contribution in [0.4, 0.5) is 19.4 Å². The fraction of sp³-hybridized carbons (Fsp3) is 0.250. The van der Waals surface area contributed by atoms with Gasteiger partial charge in [-0.2, -0.15) is 0 Å². The lowest BCUT2D eigenvalue weighted by molar-refractivity contribution is -0.0635. The minimum atomic E-state index is -3.03. The number of halogens is 2. The number of imidazole rings is 1. The molecule has 174 valence electrons. The molecule has 1 aliphatic heterocycles. The molecule has 1 aromatic carbocycles. The highest BCUT2D eigenvalue weighted by atomic mass is 19.3. The van der Waals surface area contributed by atoms with Crippen molar-refractivity contribution in [1.29, 1.82) is 0 Å². The lowest BCUT2D eigenvalue weighted by Gasteiger charge is -2.38. The molecule has 34 heavy (non-hydrogen) atoms. The number of amides is 1. The van der Waals surface area contributed by atoms with Crippen LogP contribution in [-0.2, 0) is 11.3 Å². The van der Waals surface area contributed by atoms with Crippen molar-refractivity contribution in [3.8, 4) is 11.4 Å². The maximum Gasteiger partial charge on any atom is 0.410 e. The highest BCUT2D eigenvalue weighted by Crippen LogP contribution is 2.31. The van der Waals surface area contributed by atoms with Gasteiger partial charge in [0, 0.05) is 19.2 Å². The SMILES string of the molecule is O=C(OCc1ccccc1)N1CCC(F)(F)C(Nc2cncc(-c3cnc4ccccn34)n2)C1. The summed E-state index contributed by atoms with van der Waals surface area (Å²) in [5.74, 6) is -2.84. The maximum atomic E-state index is 14.7. The van der Waals surface area contributed by atoms with Gasteiger partial charge >= 0.3 is 6.09 Å². The number of alkyl halides is 2. The van der Waals surface area contributed by atoms with Crippen molar-refractivity contribution >= 4 is 17.6 Å². The van der Waals surface area contributed by atoms with Gasteiger partial charge in [-0.25, -0.2) is 23.5 Å². The molecule has 1 unspecified atom stereocenters. The molecule has 1 amide bonds. The van der Waals surface area contributed by atoms with Gasteiger partial charge in [0.25, 0.3) is 5.92 Å². The zero-order chi connectivity index (χ0) is 23.5. The van der Waals surface area contributed by atoms with Crippen molar-refractivity contribution in [2.75, 3.05) is 18.4 Å². The first-order chi connectivity index (χ1) is 16.5. The zero-order valence-corrected chi connectivity index (χ0v) is 18.1. The molecule has 0 radical (unpaired) electrons. The Morgan fingerprint density at radius 3 is 2.79 bits per heavy atom. The number of likely N-dealkylation sites (tertiary alicyclic amines) is 1. The molecule has 10 heteroatoms. The first kappa shape index (κ1) is 21.7. The summed E-state index contributed by atoms with van der Waals surface area (Å²) in [7, 11) is 0. The van der Waals surface area contributed by atoms with Gasteiger partial charge in [0.1, 0.15) is 29.8 Å². The van der Waals surface area contributed by atoms with Crippen LogP contribution in [0.5, 0.6) is 0 Å². The summed E-state index contributed by atoms with van der Waals surface area (Å²) >= 11 is 0. The van der Waals surface area contributed by atoms with E-state index in [1.54, 1.807) is 12.4 Å². The van der Waals surface area contributed by atoms with E-state index in [0.29, 0.717) is 11.4 Å². The van der Waals surface area contributed by atoms with Crippen LogP contribution in [0, 0.1) is 0 Å². The summed E-state index contributed by atoms with van der Waals surface area (Å²) in [6.07, 6.45) is 5.32. The Kier molecular flexibility index (Phi) is 5.79. The first-order valence-electron chi connectivity index (χ1n) is 10.8. The molecular weight excluding hydrogens is 442 g/mol. The Morgan fingerprint density at radius 2 is 1.94 bits per heavy atom. The third-order valence-corrected chi connectivity index (χ3v) is 5.73. The van der Waals surface area contributed by atoms with Crippen LogP contribution in [0.15, 0.2) is 73.3 Å². The van der Waals surface area contributed by atoms with E-state index in [1.165, 1.54) is 11.1 Å². The lowest BCUT2D eigenvalue weighted by Crippen LogP contribution is -2.56. The summed E-state index contributed by atoms with van der Waals surface area (Å²) in [4.78, 5) is 26.8. The molecule has 1 atom stereocenters. The fourth-order valence-corrected chi connectivity index (χ4v) is 3.89. The number of pyridine rings is 1. The van der Waals surface area contributed by atoms with Gasteiger partial charge in [-0.15, -0.1) is 0 Å². The number of aromatic nitrogens is 4. The molecule has 1 N–H and O–H groups in total. The molecule has 1 fully saturated rings. The van der Waals surface area contributed by atoms with Crippen molar-refractivity contribution in [3.63, 3.8) is 0 Å². The molecule has 4 heterocycles. The van der Waals surface area contributed by atoms with Crippen LogP contribution < -0.4 is 5.32 Å². The second-order valence-corrected chi connectivity index (χ2v) is 8.06. The number of fused-ring (bicyclic) bond motifs is 1. The van der Waals surface area contributed by atoms with Gasteiger partial charge in [-0.3, -0.25) is 9.38 Å². The number of piperidine rings is 1. The normalized spacial score (nSPS) is 17.5. The molecule has 1 saturated heterocycles. The molecule has 0 spiro atoms. The van der Waals surface area contributed by atoms with Gasteiger partial charge in [-0.05, 0) is 17.7 Å². The zero-order valence-electron chi connectivity index (χ0n) is 18.1. The van der Waals surface area contributed by atoms with Crippen molar-refractivity contribution in [3.05, 3.63) is 78.9 Å². The highest BCUT2D eigenvalue weighted by Gasteiger charge is 2.46. The number of hydrogen-bond donors (Lipinski definition) is 1. The lowest BCUT2D eigenvalue weighted by atomic mass is 10.0. The van der Waals surface area contributed by atoms with E-state index in [2.05, 4.69) is 20.3 Å². The minimum Gasteiger partial charge on any atom is -0.445 e. The number of ether oxygens (including phenoxy) is 1. The average Bonchev–Trinajstić information content (AvgIpc) is 3.29. The van der Waals surface area contributed by atoms with Gasteiger partial charge in [0.2, 0.25) is 0 Å². The molecule has 1 aliphatic rings. The molecule has 0 aliphatic carbocycles. The standard InChI is InChI=1S/C24H22F2N6O2/c25-24(26)9-11-31(23(33)34-16-17-6-2-1-3-7-17)15-20(24)30-21-14-27-12-18(29-21)19-13-28-22-8-4-5-10-32(19)22/h1-8,10,12-14,20H,9,11,15-16H2,(H,29,30). The number of nitrogens with one attached hydrogen (secondary N) is 1. The number of nitrogens with zero attached hydrogens (tertiary/aromatic N) is 5. The first-order valence-corrected chi connectivity index (χ1v) is 10.8. The monoisotopic (exact) mass is 464 g/mol. The molecule has 0 saturated carbocycles. The quantitative estimate of drug-likeness (QED) is 0.475. The van der Waals surface area contributed by atoms with Crippen molar-refractivity contribution < 1.29 is 18.3 Å². The number of carbonyl (C=O) groups excluding carboxylic acids is 1. The Labute approximate surface area is 194 Å². The summed E-state index contributed by atoms with van der Waals surface area (Å²) in [6, 6.07) is 13.5. The van der Waals surface area contributed by atoms with E-state index in [4.69, 9.17) is 4.74 Å². The predicted molar refractivity (Wildman–Crippen MR) is 121 cm³/mol. The Bertz CT molecular complexity index is 1300. The van der Waals surface area contributed by atoms with E-state index in [1.807, 2.05) is 59.1 Å². The third kappa shape index (κ3) is 4.52. The van der Waals surface area contributed by atoms with Crippen LogP contribution in [0.1, 0.15) is 12.0 Å². The Morgan fingerprint density at radius 1 is 1.12 bits per heavy atom. The molecular formula is C24H22F2N6O2. The molecule has 4 aromatic rings. The van der Waals surface area contributed by atoms with Gasteiger partial charge < -0.3 is 15.0 Å². The van der Waals surface area contributed by atoms with Gasteiger partial charge in [0.15, 0.2) is 0 Å². The number of hydrogen-bond acceptors (Lipinski definition) is 6. The van der Waals surface area contributed by atoms with Crippen LogP contribution >= 0.6 is 0 Å². The third-order valence-electron chi connectivity index (χ3n) is 5.73. The summed E-state index contributed by atoms with van der Waals surface area (Å²) in [6.45, 7) is -0.230. The topological polar surface area (TPSA) is 84.6 Å². The van der Waals surface area contributed by atoms with Gasteiger partial charge in [-0.1, -0.05) is 36.4 Å². The maximum absolute atomic E-state index is 14.7. The molecule has 8 nitrogen and oxygen atoms in total. The number of anilines is 1. The van der Waals surface area contributed by atoms with E-state index in [9.17, 15) is 13.6 Å². The average molecular weight is 464 g/mol. The number of carbonyl (C=O) groups is 1. The molecule has 5 rings (SSSR count). The Hall–Kier alpha value is -4.08. The number of benzene rings is 1. The van der Waals surface area contributed by atoms with E-state index >= 15 is 0 Å². The Balaban J connectivity index is 1.29. The fourth-order valence-electron chi connectivity index (χ4n) is 3.89. The summed E-state index contributed by atoms with van der Waals surface area (Å²) < 4.78 is 36.6. The molecule has 3 aromatic heterocycles. The highest BCUT2D eigenvalue weighted by molar-refractivity contribution is 5.68. The molecule has 0 bridgehead atoms. The second-order valence-electron chi connectivity index (χ2n) is 8.06. The van der Waals surface area contributed by atoms with Crippen LogP contribution in [0.3, 0.4) is 0 Å². The van der Waals surface area contributed by atoms with Crippen LogP contribution in [-0.4, -0.2) is 55.4 Å². The van der Waals surface area contributed by atoms with E-state index in [0.717, 1.165) is 11.2 Å². The van der Waals surface area contributed by atoms with Crippen LogP contribution in [0.25, 0.3) is 17.0 Å². The van der Waals surface area contributed by atoms with Crippen molar-refractivity contribution in [2.24, 2.45) is 0 Å². The largest absolute Gasteiger partial charge is 0.445 e. The van der Waals surface area contributed by atoms with E-state index < -0.39 is 24.5 Å². The minimum absolute atomic E-state index is 0.0808. The van der Waals surface area contributed by atoms with Crippen molar-refractivity contribution in [1.82, 2.24) is 24.3 Å². The number of rotatable bonds is 5.